The van der Waals surface area contributed by atoms with Crippen LogP contribution in [-0.4, -0.2) is 27.9 Å². The predicted molar refractivity (Wildman–Crippen MR) is 82.1 cm³/mol. The average molecular weight is 284 g/mol. The lowest BCUT2D eigenvalue weighted by atomic mass is 10.1. The van der Waals surface area contributed by atoms with Crippen LogP contribution in [0.1, 0.15) is 24.0 Å². The summed E-state index contributed by atoms with van der Waals surface area (Å²) in [5.41, 5.74) is 2.03. The van der Waals surface area contributed by atoms with Gasteiger partial charge < -0.3 is 14.4 Å². The van der Waals surface area contributed by atoms with Gasteiger partial charge >= 0.3 is 0 Å². The molecule has 0 unspecified atom stereocenters. The van der Waals surface area contributed by atoms with Crippen molar-refractivity contribution in [2.75, 3.05) is 13.2 Å². The second kappa shape index (κ2) is 8.13. The Labute approximate surface area is 125 Å². The van der Waals surface area contributed by atoms with E-state index in [0.29, 0.717) is 13.0 Å². The molecule has 2 rings (SSSR count). The van der Waals surface area contributed by atoms with Crippen LogP contribution in [0.5, 0.6) is 5.75 Å². The highest BCUT2D eigenvalue weighted by atomic mass is 16.5. The molecule has 2 aromatic rings. The minimum absolute atomic E-state index is 0.0832. The van der Waals surface area contributed by atoms with Gasteiger partial charge in [0.25, 0.3) is 0 Å². The Morgan fingerprint density at radius 3 is 3.05 bits per heavy atom. The Balaban J connectivity index is 1.91. The first-order valence-corrected chi connectivity index (χ1v) is 7.08. The standard InChI is InChI=1S/C17H20N2O2/c1-15-6-7-17(16(13-15)5-2-3-11-20)21-12-4-9-19-10-8-18-14-19/h6-8,10,13-14,20H,3-4,9,11-12H2,1H3. The molecule has 0 aliphatic rings. The molecular formula is C17H20N2O2. The number of aliphatic hydroxyl groups is 1. The van der Waals surface area contributed by atoms with Crippen molar-refractivity contribution in [1.82, 2.24) is 9.55 Å². The lowest BCUT2D eigenvalue weighted by Crippen LogP contribution is -2.04. The van der Waals surface area contributed by atoms with Gasteiger partial charge in [0, 0.05) is 25.4 Å². The quantitative estimate of drug-likeness (QED) is 0.654. The largest absolute Gasteiger partial charge is 0.492 e. The Morgan fingerprint density at radius 2 is 2.29 bits per heavy atom. The number of ether oxygens (including phenoxy) is 1. The minimum Gasteiger partial charge on any atom is -0.492 e. The monoisotopic (exact) mass is 284 g/mol. The predicted octanol–water partition coefficient (Wildman–Crippen LogP) is 2.39. The Hall–Kier alpha value is -2.25. The summed E-state index contributed by atoms with van der Waals surface area (Å²) in [4.78, 5) is 4.01. The topological polar surface area (TPSA) is 47.3 Å². The summed E-state index contributed by atoms with van der Waals surface area (Å²) in [5.74, 6) is 6.80. The van der Waals surface area contributed by atoms with E-state index in [1.165, 1.54) is 0 Å². The van der Waals surface area contributed by atoms with Gasteiger partial charge in [-0.3, -0.25) is 0 Å². The summed E-state index contributed by atoms with van der Waals surface area (Å²) in [6, 6.07) is 5.98. The van der Waals surface area contributed by atoms with E-state index in [9.17, 15) is 0 Å². The number of rotatable bonds is 6. The van der Waals surface area contributed by atoms with Crippen LogP contribution in [0.25, 0.3) is 0 Å². The zero-order valence-corrected chi connectivity index (χ0v) is 12.2. The van der Waals surface area contributed by atoms with Gasteiger partial charge in [0.1, 0.15) is 5.75 Å². The van der Waals surface area contributed by atoms with E-state index >= 15 is 0 Å². The molecule has 1 N–H and O–H groups in total. The first-order valence-electron chi connectivity index (χ1n) is 7.08. The Morgan fingerprint density at radius 1 is 1.38 bits per heavy atom. The second-order valence-corrected chi connectivity index (χ2v) is 4.78. The molecule has 4 nitrogen and oxygen atoms in total. The molecule has 1 aromatic carbocycles. The number of aryl methyl sites for hydroxylation is 2. The molecule has 0 aliphatic carbocycles. The fraction of sp³-hybridized carbons (Fsp3) is 0.353. The number of aromatic nitrogens is 2. The van der Waals surface area contributed by atoms with E-state index in [1.54, 1.807) is 12.5 Å². The summed E-state index contributed by atoms with van der Waals surface area (Å²) in [7, 11) is 0. The summed E-state index contributed by atoms with van der Waals surface area (Å²) < 4.78 is 7.85. The molecule has 0 atom stereocenters. The maximum Gasteiger partial charge on any atom is 0.134 e. The summed E-state index contributed by atoms with van der Waals surface area (Å²) >= 11 is 0. The van der Waals surface area contributed by atoms with Gasteiger partial charge in [0.2, 0.25) is 0 Å². The van der Waals surface area contributed by atoms with Crippen molar-refractivity contribution in [2.24, 2.45) is 0 Å². The van der Waals surface area contributed by atoms with E-state index in [1.807, 2.05) is 35.9 Å². The van der Waals surface area contributed by atoms with Crippen molar-refractivity contribution >= 4 is 0 Å². The second-order valence-electron chi connectivity index (χ2n) is 4.78. The van der Waals surface area contributed by atoms with Crippen LogP contribution < -0.4 is 4.74 Å². The highest BCUT2D eigenvalue weighted by molar-refractivity contribution is 5.48. The highest BCUT2D eigenvalue weighted by Gasteiger charge is 2.02. The molecule has 1 aromatic heterocycles. The maximum absolute atomic E-state index is 8.79. The van der Waals surface area contributed by atoms with Gasteiger partial charge in [-0.15, -0.1) is 0 Å². The minimum atomic E-state index is 0.0832. The van der Waals surface area contributed by atoms with E-state index in [2.05, 4.69) is 16.8 Å². The molecule has 110 valence electrons. The number of benzene rings is 1. The van der Waals surface area contributed by atoms with Crippen LogP contribution in [0.4, 0.5) is 0 Å². The summed E-state index contributed by atoms with van der Waals surface area (Å²) in [6.07, 6.45) is 6.91. The molecule has 0 saturated heterocycles. The fourth-order valence-electron chi connectivity index (χ4n) is 1.93. The van der Waals surface area contributed by atoms with Crippen LogP contribution in [0.2, 0.25) is 0 Å². The smallest absolute Gasteiger partial charge is 0.134 e. The third kappa shape index (κ3) is 4.97. The van der Waals surface area contributed by atoms with Crippen molar-refractivity contribution in [3.8, 4) is 17.6 Å². The molecule has 21 heavy (non-hydrogen) atoms. The Kier molecular flexibility index (Phi) is 5.86. The van der Waals surface area contributed by atoms with Crippen molar-refractivity contribution < 1.29 is 9.84 Å². The van der Waals surface area contributed by atoms with Gasteiger partial charge in [0.15, 0.2) is 0 Å². The SMILES string of the molecule is Cc1ccc(OCCCn2ccnc2)c(C#CCCO)c1. The van der Waals surface area contributed by atoms with Crippen molar-refractivity contribution in [3.63, 3.8) is 0 Å². The molecular weight excluding hydrogens is 264 g/mol. The van der Waals surface area contributed by atoms with Crippen molar-refractivity contribution in [1.29, 1.82) is 0 Å². The summed E-state index contributed by atoms with van der Waals surface area (Å²) in [6.45, 7) is 3.63. The molecule has 4 heteroatoms. The Bertz CT molecular complexity index is 609. The van der Waals surface area contributed by atoms with E-state index in [-0.39, 0.29) is 6.61 Å². The number of nitrogens with zero attached hydrogens (tertiary/aromatic N) is 2. The molecule has 0 saturated carbocycles. The van der Waals surface area contributed by atoms with E-state index in [4.69, 9.17) is 9.84 Å². The molecule has 1 heterocycles. The number of aliphatic hydroxyl groups excluding tert-OH is 1. The summed E-state index contributed by atoms with van der Waals surface area (Å²) in [5, 5.41) is 8.79. The first-order chi connectivity index (χ1) is 10.3. The highest BCUT2D eigenvalue weighted by Crippen LogP contribution is 2.19. The van der Waals surface area contributed by atoms with Crippen LogP contribution >= 0.6 is 0 Å². The van der Waals surface area contributed by atoms with Gasteiger partial charge in [0.05, 0.1) is 25.1 Å². The van der Waals surface area contributed by atoms with Crippen LogP contribution in [-0.2, 0) is 6.54 Å². The maximum atomic E-state index is 8.79. The number of hydrogen-bond acceptors (Lipinski definition) is 3. The van der Waals surface area contributed by atoms with Crippen molar-refractivity contribution in [2.45, 2.75) is 26.3 Å². The number of hydrogen-bond donors (Lipinski definition) is 1. The van der Waals surface area contributed by atoms with Gasteiger partial charge in [-0.1, -0.05) is 17.9 Å². The molecule has 0 fully saturated rings. The van der Waals surface area contributed by atoms with Gasteiger partial charge in [-0.2, -0.15) is 0 Å². The first kappa shape index (κ1) is 15.1. The number of imidazole rings is 1. The lowest BCUT2D eigenvalue weighted by Gasteiger charge is -2.09. The molecule has 0 amide bonds. The van der Waals surface area contributed by atoms with Gasteiger partial charge in [-0.05, 0) is 31.0 Å². The van der Waals surface area contributed by atoms with Gasteiger partial charge in [-0.25, -0.2) is 4.98 Å². The molecule has 0 spiro atoms. The fourth-order valence-corrected chi connectivity index (χ4v) is 1.93. The third-order valence-corrected chi connectivity index (χ3v) is 2.97. The normalized spacial score (nSPS) is 10.0. The zero-order chi connectivity index (χ0) is 14.9. The average Bonchev–Trinajstić information content (AvgIpc) is 2.99. The molecule has 0 aliphatic heterocycles. The van der Waals surface area contributed by atoms with E-state index in [0.717, 1.165) is 29.8 Å². The zero-order valence-electron chi connectivity index (χ0n) is 12.2. The molecule has 0 radical (unpaired) electrons. The van der Waals surface area contributed by atoms with E-state index < -0.39 is 0 Å². The molecule has 0 bridgehead atoms. The van der Waals surface area contributed by atoms with Crippen molar-refractivity contribution in [3.05, 3.63) is 48.0 Å². The third-order valence-electron chi connectivity index (χ3n) is 2.97. The van der Waals surface area contributed by atoms with Crippen LogP contribution in [0.3, 0.4) is 0 Å². The lowest BCUT2D eigenvalue weighted by molar-refractivity contribution is 0.300. The van der Waals surface area contributed by atoms with Crippen LogP contribution in [0.15, 0.2) is 36.9 Å². The van der Waals surface area contributed by atoms with Crippen LogP contribution in [0, 0.1) is 18.8 Å².